The Morgan fingerprint density at radius 2 is 2.11 bits per heavy atom. The third-order valence-electron chi connectivity index (χ3n) is 2.56. The van der Waals surface area contributed by atoms with Crippen molar-refractivity contribution in [2.24, 2.45) is 0 Å². The zero-order chi connectivity index (χ0) is 13.7. The topological polar surface area (TPSA) is 81.4 Å². The van der Waals surface area contributed by atoms with Crippen LogP contribution in [0.15, 0.2) is 18.2 Å². The zero-order valence-electron chi connectivity index (χ0n) is 10.8. The highest BCUT2D eigenvalue weighted by molar-refractivity contribution is 6.01. The van der Waals surface area contributed by atoms with Crippen molar-refractivity contribution in [1.82, 2.24) is 5.32 Å². The molecule has 1 amide bonds. The molecule has 0 aliphatic rings. The maximum Gasteiger partial charge on any atom is 0.328 e. The van der Waals surface area contributed by atoms with Gasteiger partial charge in [0.1, 0.15) is 6.04 Å². The summed E-state index contributed by atoms with van der Waals surface area (Å²) in [5, 5.41) is 2.56. The van der Waals surface area contributed by atoms with Crippen molar-refractivity contribution in [2.45, 2.75) is 26.8 Å². The van der Waals surface area contributed by atoms with Crippen LogP contribution in [0.2, 0.25) is 0 Å². The first-order valence-electron chi connectivity index (χ1n) is 5.80. The molecule has 0 aromatic heterocycles. The Labute approximate surface area is 106 Å². The van der Waals surface area contributed by atoms with Crippen molar-refractivity contribution >= 4 is 17.6 Å². The fourth-order valence-electron chi connectivity index (χ4n) is 1.48. The number of hydrogen-bond acceptors (Lipinski definition) is 4. The van der Waals surface area contributed by atoms with Crippen LogP contribution in [0.25, 0.3) is 0 Å². The molecule has 3 N–H and O–H groups in total. The zero-order valence-corrected chi connectivity index (χ0v) is 10.8. The molecule has 1 aromatic carbocycles. The van der Waals surface area contributed by atoms with Crippen molar-refractivity contribution < 1.29 is 14.3 Å². The number of anilines is 1. The average molecular weight is 250 g/mol. The predicted molar refractivity (Wildman–Crippen MR) is 69.2 cm³/mol. The molecule has 1 rings (SSSR count). The van der Waals surface area contributed by atoms with Crippen molar-refractivity contribution in [3.8, 4) is 0 Å². The molecule has 98 valence electrons. The number of benzene rings is 1. The molecule has 1 aromatic rings. The maximum absolute atomic E-state index is 11.9. The Morgan fingerprint density at radius 1 is 1.44 bits per heavy atom. The van der Waals surface area contributed by atoms with Gasteiger partial charge in [-0.2, -0.15) is 0 Å². The van der Waals surface area contributed by atoms with Gasteiger partial charge in [-0.25, -0.2) is 4.79 Å². The molecule has 0 aliphatic heterocycles. The van der Waals surface area contributed by atoms with Gasteiger partial charge in [0.05, 0.1) is 12.2 Å². The lowest BCUT2D eigenvalue weighted by Crippen LogP contribution is -2.39. The van der Waals surface area contributed by atoms with E-state index in [0.717, 1.165) is 5.56 Å². The van der Waals surface area contributed by atoms with Gasteiger partial charge < -0.3 is 15.8 Å². The van der Waals surface area contributed by atoms with Gasteiger partial charge in [-0.3, -0.25) is 4.79 Å². The lowest BCUT2D eigenvalue weighted by molar-refractivity contribution is -0.144. The molecule has 0 aliphatic carbocycles. The fraction of sp³-hybridized carbons (Fsp3) is 0.385. The second kappa shape index (κ2) is 6.05. The summed E-state index contributed by atoms with van der Waals surface area (Å²) < 4.78 is 4.81. The standard InChI is InChI=1S/C13H18N2O3/c1-4-18-13(17)9(3)15-12(16)10-7-5-6-8(2)11(10)14/h5-7,9H,4,14H2,1-3H3,(H,15,16). The van der Waals surface area contributed by atoms with Crippen LogP contribution in [0.4, 0.5) is 5.69 Å². The van der Waals surface area contributed by atoms with E-state index in [0.29, 0.717) is 11.3 Å². The molecule has 0 spiro atoms. The highest BCUT2D eigenvalue weighted by atomic mass is 16.5. The van der Waals surface area contributed by atoms with Gasteiger partial charge in [-0.05, 0) is 32.4 Å². The van der Waals surface area contributed by atoms with Gasteiger partial charge in [0.15, 0.2) is 0 Å². The third kappa shape index (κ3) is 3.23. The van der Waals surface area contributed by atoms with E-state index in [2.05, 4.69) is 5.32 Å². The summed E-state index contributed by atoms with van der Waals surface area (Å²) in [7, 11) is 0. The first kappa shape index (κ1) is 14.0. The highest BCUT2D eigenvalue weighted by Gasteiger charge is 2.19. The van der Waals surface area contributed by atoms with E-state index in [9.17, 15) is 9.59 Å². The molecular formula is C13H18N2O3. The SMILES string of the molecule is CCOC(=O)C(C)NC(=O)c1cccc(C)c1N. The molecule has 0 saturated heterocycles. The summed E-state index contributed by atoms with van der Waals surface area (Å²) in [6, 6.07) is 4.49. The van der Waals surface area contributed by atoms with E-state index < -0.39 is 12.0 Å². The van der Waals surface area contributed by atoms with Crippen LogP contribution >= 0.6 is 0 Å². The number of nitrogens with one attached hydrogen (secondary N) is 1. The number of aryl methyl sites for hydroxylation is 1. The number of nitrogens with two attached hydrogens (primary N) is 1. The van der Waals surface area contributed by atoms with Gasteiger partial charge in [0.25, 0.3) is 5.91 Å². The van der Waals surface area contributed by atoms with Crippen LogP contribution in [0.1, 0.15) is 29.8 Å². The second-order valence-corrected chi connectivity index (χ2v) is 3.98. The molecule has 1 atom stereocenters. The smallest absolute Gasteiger partial charge is 0.328 e. The molecule has 5 nitrogen and oxygen atoms in total. The minimum absolute atomic E-state index is 0.283. The van der Waals surface area contributed by atoms with Gasteiger partial charge in [-0.15, -0.1) is 0 Å². The van der Waals surface area contributed by atoms with E-state index >= 15 is 0 Å². The quantitative estimate of drug-likeness (QED) is 0.622. The molecule has 5 heteroatoms. The summed E-state index contributed by atoms with van der Waals surface area (Å²) in [4.78, 5) is 23.3. The number of para-hydroxylation sites is 1. The predicted octanol–water partition coefficient (Wildman–Crippen LogP) is 1.26. The van der Waals surface area contributed by atoms with Crippen molar-refractivity contribution in [3.05, 3.63) is 29.3 Å². The minimum atomic E-state index is -0.697. The van der Waals surface area contributed by atoms with E-state index in [1.165, 1.54) is 0 Å². The normalized spacial score (nSPS) is 11.7. The number of ether oxygens (including phenoxy) is 1. The van der Waals surface area contributed by atoms with Crippen molar-refractivity contribution in [3.63, 3.8) is 0 Å². The summed E-state index contributed by atoms with van der Waals surface area (Å²) in [6.07, 6.45) is 0. The number of amides is 1. The number of hydrogen-bond donors (Lipinski definition) is 2. The number of esters is 1. The van der Waals surface area contributed by atoms with Crippen LogP contribution in [-0.2, 0) is 9.53 Å². The van der Waals surface area contributed by atoms with E-state index in [1.807, 2.05) is 13.0 Å². The van der Waals surface area contributed by atoms with E-state index in [-0.39, 0.29) is 12.5 Å². The van der Waals surface area contributed by atoms with Crippen LogP contribution in [0.5, 0.6) is 0 Å². The number of nitrogen functional groups attached to an aromatic ring is 1. The number of carbonyl (C=O) groups excluding carboxylic acids is 2. The van der Waals surface area contributed by atoms with Crippen LogP contribution in [-0.4, -0.2) is 24.5 Å². The molecule has 0 fully saturated rings. The molecule has 1 unspecified atom stereocenters. The molecule has 0 radical (unpaired) electrons. The summed E-state index contributed by atoms with van der Waals surface area (Å²) in [6.45, 7) is 5.39. The number of carbonyl (C=O) groups is 2. The van der Waals surface area contributed by atoms with Crippen LogP contribution in [0, 0.1) is 6.92 Å². The molecule has 0 heterocycles. The minimum Gasteiger partial charge on any atom is -0.464 e. The molecule has 18 heavy (non-hydrogen) atoms. The Bertz CT molecular complexity index is 458. The Kier molecular flexibility index (Phi) is 4.71. The second-order valence-electron chi connectivity index (χ2n) is 3.98. The summed E-state index contributed by atoms with van der Waals surface area (Å²) in [5.41, 5.74) is 7.43. The van der Waals surface area contributed by atoms with Gasteiger partial charge in [-0.1, -0.05) is 12.1 Å². The maximum atomic E-state index is 11.9. The first-order chi connectivity index (χ1) is 8.47. The molecule has 0 saturated carbocycles. The third-order valence-corrected chi connectivity index (χ3v) is 2.56. The lowest BCUT2D eigenvalue weighted by Gasteiger charge is -2.14. The van der Waals surface area contributed by atoms with Gasteiger partial charge in [0, 0.05) is 5.69 Å². The average Bonchev–Trinajstić information content (AvgIpc) is 2.32. The number of rotatable bonds is 4. The van der Waals surface area contributed by atoms with Crippen LogP contribution in [0.3, 0.4) is 0 Å². The Morgan fingerprint density at radius 3 is 2.72 bits per heavy atom. The fourth-order valence-corrected chi connectivity index (χ4v) is 1.48. The van der Waals surface area contributed by atoms with E-state index in [1.54, 1.807) is 26.0 Å². The lowest BCUT2D eigenvalue weighted by atomic mass is 10.1. The largest absolute Gasteiger partial charge is 0.464 e. The monoisotopic (exact) mass is 250 g/mol. The Balaban J connectivity index is 2.77. The Hall–Kier alpha value is -2.04. The summed E-state index contributed by atoms with van der Waals surface area (Å²) >= 11 is 0. The van der Waals surface area contributed by atoms with Crippen LogP contribution < -0.4 is 11.1 Å². The van der Waals surface area contributed by atoms with Gasteiger partial charge >= 0.3 is 5.97 Å². The van der Waals surface area contributed by atoms with E-state index in [4.69, 9.17) is 10.5 Å². The van der Waals surface area contributed by atoms with Gasteiger partial charge in [0.2, 0.25) is 0 Å². The first-order valence-corrected chi connectivity index (χ1v) is 5.80. The molecule has 0 bridgehead atoms. The molecular weight excluding hydrogens is 232 g/mol. The van der Waals surface area contributed by atoms with Crippen molar-refractivity contribution in [1.29, 1.82) is 0 Å². The highest BCUT2D eigenvalue weighted by Crippen LogP contribution is 2.16. The van der Waals surface area contributed by atoms with Crippen molar-refractivity contribution in [2.75, 3.05) is 12.3 Å². The summed E-state index contributed by atoms with van der Waals surface area (Å²) in [5.74, 6) is -0.839.